The minimum Gasteiger partial charge on any atom is -0.207 e. The molecular formula is C14H20N2O2S. The molecule has 0 aromatic heterocycles. The van der Waals surface area contributed by atoms with Crippen molar-refractivity contribution in [2.75, 3.05) is 13.6 Å². The van der Waals surface area contributed by atoms with Gasteiger partial charge < -0.3 is 0 Å². The Labute approximate surface area is 115 Å². The summed E-state index contributed by atoms with van der Waals surface area (Å²) in [6.07, 6.45) is 2.94. The lowest BCUT2D eigenvalue weighted by Gasteiger charge is -2.18. The van der Waals surface area contributed by atoms with E-state index >= 15 is 0 Å². The molecule has 0 saturated heterocycles. The molecule has 0 N–H and O–H groups in total. The van der Waals surface area contributed by atoms with Gasteiger partial charge in [0.1, 0.15) is 0 Å². The van der Waals surface area contributed by atoms with Crippen molar-refractivity contribution >= 4 is 10.0 Å². The highest BCUT2D eigenvalue weighted by molar-refractivity contribution is 7.89. The van der Waals surface area contributed by atoms with Gasteiger partial charge in [0.25, 0.3) is 0 Å². The second kappa shape index (κ2) is 6.69. The second-order valence-electron chi connectivity index (χ2n) is 4.63. The van der Waals surface area contributed by atoms with E-state index < -0.39 is 10.0 Å². The first-order valence-corrected chi connectivity index (χ1v) is 7.84. The van der Waals surface area contributed by atoms with Crippen LogP contribution < -0.4 is 0 Å². The van der Waals surface area contributed by atoms with Gasteiger partial charge in [0.05, 0.1) is 16.5 Å². The molecule has 19 heavy (non-hydrogen) atoms. The summed E-state index contributed by atoms with van der Waals surface area (Å²) in [5, 5.41) is 8.80. The molecule has 0 aliphatic heterocycles. The highest BCUT2D eigenvalue weighted by Crippen LogP contribution is 2.20. The summed E-state index contributed by atoms with van der Waals surface area (Å²) in [6, 6.07) is 6.67. The first-order chi connectivity index (χ1) is 8.93. The Morgan fingerprint density at radius 1 is 1.32 bits per heavy atom. The van der Waals surface area contributed by atoms with E-state index in [2.05, 4.69) is 6.92 Å². The van der Waals surface area contributed by atoms with Crippen molar-refractivity contribution in [3.8, 4) is 6.07 Å². The largest absolute Gasteiger partial charge is 0.243 e. The van der Waals surface area contributed by atoms with Gasteiger partial charge in [-0.05, 0) is 37.1 Å². The summed E-state index contributed by atoms with van der Waals surface area (Å²) in [7, 11) is -1.85. The van der Waals surface area contributed by atoms with Crippen molar-refractivity contribution < 1.29 is 8.42 Å². The monoisotopic (exact) mass is 280 g/mol. The van der Waals surface area contributed by atoms with E-state index in [9.17, 15) is 8.42 Å². The van der Waals surface area contributed by atoms with Crippen molar-refractivity contribution in [2.24, 2.45) is 0 Å². The molecule has 0 spiro atoms. The molecule has 0 heterocycles. The average molecular weight is 280 g/mol. The lowest BCUT2D eigenvalue weighted by molar-refractivity contribution is 0.454. The number of sulfonamides is 1. The van der Waals surface area contributed by atoms with Crippen molar-refractivity contribution in [1.82, 2.24) is 4.31 Å². The van der Waals surface area contributed by atoms with Crippen LogP contribution in [0.5, 0.6) is 0 Å². The van der Waals surface area contributed by atoms with Crippen molar-refractivity contribution in [2.45, 2.75) is 38.0 Å². The minimum atomic E-state index is -3.45. The summed E-state index contributed by atoms with van der Waals surface area (Å²) >= 11 is 0. The van der Waals surface area contributed by atoms with Crippen LogP contribution in [-0.2, 0) is 10.0 Å². The molecular weight excluding hydrogens is 260 g/mol. The molecule has 0 unspecified atom stereocenters. The maximum absolute atomic E-state index is 12.4. The molecule has 0 fully saturated rings. The van der Waals surface area contributed by atoms with Gasteiger partial charge in [0, 0.05) is 13.6 Å². The molecule has 0 bridgehead atoms. The van der Waals surface area contributed by atoms with E-state index in [1.807, 2.05) is 6.07 Å². The van der Waals surface area contributed by atoms with E-state index in [0.29, 0.717) is 17.7 Å². The SMILES string of the molecule is CCCCCN(C)S(=O)(=O)c1ccc(C#N)cc1C. The van der Waals surface area contributed by atoms with Crippen LogP contribution in [0.15, 0.2) is 23.1 Å². The highest BCUT2D eigenvalue weighted by Gasteiger charge is 2.22. The quantitative estimate of drug-likeness (QED) is 0.753. The summed E-state index contributed by atoms with van der Waals surface area (Å²) in [5.41, 5.74) is 1.09. The van der Waals surface area contributed by atoms with Crippen LogP contribution in [0.3, 0.4) is 0 Å². The zero-order chi connectivity index (χ0) is 14.5. The Bertz CT molecular complexity index is 574. The van der Waals surface area contributed by atoms with Gasteiger partial charge in [-0.1, -0.05) is 19.8 Å². The van der Waals surface area contributed by atoms with E-state index in [-0.39, 0.29) is 4.90 Å². The van der Waals surface area contributed by atoms with Crippen LogP contribution in [-0.4, -0.2) is 26.3 Å². The third-order valence-electron chi connectivity index (χ3n) is 3.07. The summed E-state index contributed by atoms with van der Waals surface area (Å²) in [5.74, 6) is 0. The van der Waals surface area contributed by atoms with E-state index in [0.717, 1.165) is 19.3 Å². The summed E-state index contributed by atoms with van der Waals surface area (Å²) < 4.78 is 26.2. The maximum Gasteiger partial charge on any atom is 0.243 e. The van der Waals surface area contributed by atoms with E-state index in [1.54, 1.807) is 26.1 Å². The standard InChI is InChI=1S/C14H20N2O2S/c1-4-5-6-9-16(3)19(17,18)14-8-7-13(11-15)10-12(14)2/h7-8,10H,4-6,9H2,1-3H3. The molecule has 1 aromatic carbocycles. The third-order valence-corrected chi connectivity index (χ3v) is 5.09. The molecule has 4 nitrogen and oxygen atoms in total. The first-order valence-electron chi connectivity index (χ1n) is 6.40. The third kappa shape index (κ3) is 3.79. The summed E-state index contributed by atoms with van der Waals surface area (Å²) in [6.45, 7) is 4.32. The molecule has 0 aliphatic rings. The topological polar surface area (TPSA) is 61.2 Å². The zero-order valence-electron chi connectivity index (χ0n) is 11.7. The van der Waals surface area contributed by atoms with Crippen LogP contribution >= 0.6 is 0 Å². The van der Waals surface area contributed by atoms with Crippen LogP contribution in [0.25, 0.3) is 0 Å². The van der Waals surface area contributed by atoms with Crippen LogP contribution in [0, 0.1) is 18.3 Å². The Morgan fingerprint density at radius 3 is 2.53 bits per heavy atom. The van der Waals surface area contributed by atoms with Gasteiger partial charge in [-0.15, -0.1) is 0 Å². The Balaban J connectivity index is 2.97. The molecule has 0 radical (unpaired) electrons. The minimum absolute atomic E-state index is 0.283. The normalized spacial score (nSPS) is 11.5. The fourth-order valence-electron chi connectivity index (χ4n) is 1.88. The van der Waals surface area contributed by atoms with Gasteiger partial charge in [-0.2, -0.15) is 5.26 Å². The molecule has 0 amide bonds. The van der Waals surface area contributed by atoms with Gasteiger partial charge in [-0.25, -0.2) is 12.7 Å². The maximum atomic E-state index is 12.4. The van der Waals surface area contributed by atoms with Crippen LogP contribution in [0.4, 0.5) is 0 Å². The average Bonchev–Trinajstić information content (AvgIpc) is 2.38. The number of rotatable bonds is 6. The first kappa shape index (κ1) is 15.7. The number of hydrogen-bond acceptors (Lipinski definition) is 3. The summed E-state index contributed by atoms with van der Waals surface area (Å²) in [4.78, 5) is 0.283. The van der Waals surface area contributed by atoms with Gasteiger partial charge in [-0.3, -0.25) is 0 Å². The zero-order valence-corrected chi connectivity index (χ0v) is 12.5. The molecule has 1 rings (SSSR count). The van der Waals surface area contributed by atoms with E-state index in [4.69, 9.17) is 5.26 Å². The predicted molar refractivity (Wildman–Crippen MR) is 75.2 cm³/mol. The molecule has 1 aromatic rings. The number of aryl methyl sites for hydroxylation is 1. The smallest absolute Gasteiger partial charge is 0.207 e. The highest BCUT2D eigenvalue weighted by atomic mass is 32.2. The van der Waals surface area contributed by atoms with Crippen LogP contribution in [0.1, 0.15) is 37.3 Å². The van der Waals surface area contributed by atoms with Crippen LogP contribution in [0.2, 0.25) is 0 Å². The fourth-order valence-corrected chi connectivity index (χ4v) is 3.29. The Morgan fingerprint density at radius 2 is 2.00 bits per heavy atom. The number of nitrogens with zero attached hydrogens (tertiary/aromatic N) is 2. The van der Waals surface area contributed by atoms with Crippen molar-refractivity contribution in [3.05, 3.63) is 29.3 Å². The molecule has 0 saturated carbocycles. The molecule has 5 heteroatoms. The molecule has 0 aliphatic carbocycles. The van der Waals surface area contributed by atoms with Gasteiger partial charge in [0.15, 0.2) is 0 Å². The Hall–Kier alpha value is -1.38. The van der Waals surface area contributed by atoms with E-state index in [1.165, 1.54) is 10.4 Å². The van der Waals surface area contributed by atoms with Crippen molar-refractivity contribution in [1.29, 1.82) is 5.26 Å². The number of nitriles is 1. The molecule has 0 atom stereocenters. The van der Waals surface area contributed by atoms with Gasteiger partial charge >= 0.3 is 0 Å². The second-order valence-corrected chi connectivity index (χ2v) is 6.64. The number of unbranched alkanes of at least 4 members (excludes halogenated alkanes) is 2. The van der Waals surface area contributed by atoms with Crippen molar-refractivity contribution in [3.63, 3.8) is 0 Å². The fraction of sp³-hybridized carbons (Fsp3) is 0.500. The molecule has 104 valence electrons. The number of benzene rings is 1. The Kier molecular flexibility index (Phi) is 5.52. The lowest BCUT2D eigenvalue weighted by Crippen LogP contribution is -2.28. The predicted octanol–water partition coefficient (Wildman–Crippen LogP) is 2.68. The lowest BCUT2D eigenvalue weighted by atomic mass is 10.2. The number of hydrogen-bond donors (Lipinski definition) is 0. The van der Waals surface area contributed by atoms with Gasteiger partial charge in [0.2, 0.25) is 10.0 Å².